The second-order valence-corrected chi connectivity index (χ2v) is 4.55. The fourth-order valence-corrected chi connectivity index (χ4v) is 1.75. The number of hydrogen-bond donors (Lipinski definition) is 2. The minimum absolute atomic E-state index is 0.0575. The Bertz CT molecular complexity index is 469. The number of nitrogens with one attached hydrogen (secondary N) is 1. The van der Waals surface area contributed by atoms with E-state index in [1.165, 1.54) is 0 Å². The van der Waals surface area contributed by atoms with E-state index >= 15 is 0 Å². The maximum Gasteiger partial charge on any atom is 0.372 e. The van der Waals surface area contributed by atoms with Crippen molar-refractivity contribution in [2.75, 3.05) is 33.9 Å². The molecule has 1 aromatic heterocycles. The average molecular weight is 284 g/mol. The molecular weight excluding hydrogens is 264 g/mol. The van der Waals surface area contributed by atoms with Crippen LogP contribution >= 0.6 is 0 Å². The quantitative estimate of drug-likeness (QED) is 0.675. The highest BCUT2D eigenvalue weighted by molar-refractivity contribution is 5.86. The Labute approximate surface area is 117 Å². The number of carbonyl (C=O) groups excluding carboxylic acids is 1. The Morgan fingerprint density at radius 3 is 2.75 bits per heavy atom. The molecular formula is C13H20N2O5. The third-order valence-electron chi connectivity index (χ3n) is 2.63. The van der Waals surface area contributed by atoms with E-state index in [4.69, 9.17) is 14.3 Å². The maximum atomic E-state index is 11.6. The van der Waals surface area contributed by atoms with Crippen molar-refractivity contribution in [1.29, 1.82) is 0 Å². The van der Waals surface area contributed by atoms with Gasteiger partial charge in [0.25, 0.3) is 0 Å². The summed E-state index contributed by atoms with van der Waals surface area (Å²) >= 11 is 0. The Hall–Kier alpha value is -1.86. The molecule has 0 bridgehead atoms. The zero-order chi connectivity index (χ0) is 15.1. The molecule has 0 aromatic carbocycles. The van der Waals surface area contributed by atoms with Crippen molar-refractivity contribution in [3.8, 4) is 0 Å². The summed E-state index contributed by atoms with van der Waals surface area (Å²) in [5.41, 5.74) is 0.574. The van der Waals surface area contributed by atoms with E-state index in [2.05, 4.69) is 5.32 Å². The fourth-order valence-electron chi connectivity index (χ4n) is 1.75. The lowest BCUT2D eigenvalue weighted by Crippen LogP contribution is -2.36. The minimum Gasteiger partial charge on any atom is -0.475 e. The van der Waals surface area contributed by atoms with Crippen LogP contribution in [0.1, 0.15) is 21.9 Å². The van der Waals surface area contributed by atoms with E-state index in [-0.39, 0.29) is 18.2 Å². The number of furan rings is 1. The average Bonchev–Trinajstić information content (AvgIpc) is 2.70. The molecule has 0 aliphatic carbocycles. The molecule has 7 heteroatoms. The molecule has 0 saturated heterocycles. The van der Waals surface area contributed by atoms with E-state index < -0.39 is 5.97 Å². The molecule has 0 aliphatic heterocycles. The zero-order valence-corrected chi connectivity index (χ0v) is 11.9. The molecule has 0 spiro atoms. The van der Waals surface area contributed by atoms with Gasteiger partial charge in [-0.15, -0.1) is 0 Å². The first-order valence-corrected chi connectivity index (χ1v) is 6.20. The first-order valence-electron chi connectivity index (χ1n) is 6.20. The van der Waals surface area contributed by atoms with E-state index in [0.29, 0.717) is 31.0 Å². The number of ether oxygens (including phenoxy) is 1. The molecule has 0 aliphatic rings. The van der Waals surface area contributed by atoms with Gasteiger partial charge in [-0.1, -0.05) is 0 Å². The number of methoxy groups -OCH3 is 1. The summed E-state index contributed by atoms with van der Waals surface area (Å²) in [5, 5.41) is 11.6. The van der Waals surface area contributed by atoms with Crippen molar-refractivity contribution in [1.82, 2.24) is 10.2 Å². The number of likely N-dealkylation sites (N-methyl/N-ethyl adjacent to an activating group) is 1. The number of amides is 1. The summed E-state index contributed by atoms with van der Waals surface area (Å²) in [5.74, 6) is -0.745. The lowest BCUT2D eigenvalue weighted by atomic mass is 10.2. The van der Waals surface area contributed by atoms with Crippen LogP contribution in [0.5, 0.6) is 0 Å². The van der Waals surface area contributed by atoms with Crippen molar-refractivity contribution in [2.24, 2.45) is 0 Å². The Kier molecular flexibility index (Phi) is 6.20. The Morgan fingerprint density at radius 1 is 1.50 bits per heavy atom. The lowest BCUT2D eigenvalue weighted by Gasteiger charge is -2.14. The summed E-state index contributed by atoms with van der Waals surface area (Å²) in [6.07, 6.45) is 0. The highest BCUT2D eigenvalue weighted by Gasteiger charge is 2.16. The van der Waals surface area contributed by atoms with Gasteiger partial charge in [0, 0.05) is 19.2 Å². The van der Waals surface area contributed by atoms with Crippen LogP contribution in [0.25, 0.3) is 0 Å². The molecule has 1 heterocycles. The third-order valence-corrected chi connectivity index (χ3v) is 2.63. The van der Waals surface area contributed by atoms with Gasteiger partial charge in [-0.2, -0.15) is 0 Å². The second kappa shape index (κ2) is 7.66. The number of hydrogen-bond acceptors (Lipinski definition) is 5. The smallest absolute Gasteiger partial charge is 0.372 e. The normalized spacial score (nSPS) is 10.8. The maximum absolute atomic E-state index is 11.6. The molecule has 1 amide bonds. The van der Waals surface area contributed by atoms with Gasteiger partial charge in [-0.3, -0.25) is 9.69 Å². The molecule has 1 rings (SSSR count). The first kappa shape index (κ1) is 16.2. The molecule has 112 valence electrons. The number of nitrogens with zero attached hydrogens (tertiary/aromatic N) is 1. The summed E-state index contributed by atoms with van der Waals surface area (Å²) in [6, 6.07) is 1.67. The van der Waals surface area contributed by atoms with Gasteiger partial charge in [0.05, 0.1) is 19.7 Å². The number of aromatic carboxylic acids is 1. The highest BCUT2D eigenvalue weighted by atomic mass is 16.5. The minimum atomic E-state index is -1.09. The van der Waals surface area contributed by atoms with Crippen LogP contribution in [0.4, 0.5) is 0 Å². The number of carboxylic acid groups (broad SMARTS) is 1. The summed E-state index contributed by atoms with van der Waals surface area (Å²) in [6.45, 7) is 3.17. The van der Waals surface area contributed by atoms with Crippen LogP contribution in [0, 0.1) is 6.92 Å². The number of rotatable bonds is 8. The van der Waals surface area contributed by atoms with Gasteiger partial charge < -0.3 is 19.6 Å². The van der Waals surface area contributed by atoms with Crippen LogP contribution in [-0.4, -0.2) is 55.7 Å². The molecule has 0 unspecified atom stereocenters. The van der Waals surface area contributed by atoms with Gasteiger partial charge in [-0.05, 0) is 20.0 Å². The van der Waals surface area contributed by atoms with E-state index in [1.807, 2.05) is 0 Å². The van der Waals surface area contributed by atoms with Gasteiger partial charge in [0.1, 0.15) is 5.76 Å². The number of carboxylic acids is 1. The van der Waals surface area contributed by atoms with Gasteiger partial charge in [-0.25, -0.2) is 4.79 Å². The van der Waals surface area contributed by atoms with Gasteiger partial charge >= 0.3 is 5.97 Å². The molecule has 0 atom stereocenters. The van der Waals surface area contributed by atoms with Crippen molar-refractivity contribution in [2.45, 2.75) is 13.5 Å². The number of carbonyl (C=O) groups is 2. The van der Waals surface area contributed by atoms with Gasteiger partial charge in [0.2, 0.25) is 11.7 Å². The van der Waals surface area contributed by atoms with E-state index in [0.717, 1.165) is 0 Å². The predicted molar refractivity (Wildman–Crippen MR) is 71.6 cm³/mol. The Morgan fingerprint density at radius 2 is 2.20 bits per heavy atom. The van der Waals surface area contributed by atoms with Crippen molar-refractivity contribution in [3.63, 3.8) is 0 Å². The van der Waals surface area contributed by atoms with Gasteiger partial charge in [0.15, 0.2) is 0 Å². The molecule has 7 nitrogen and oxygen atoms in total. The van der Waals surface area contributed by atoms with Crippen LogP contribution in [0.3, 0.4) is 0 Å². The third kappa shape index (κ3) is 5.02. The summed E-state index contributed by atoms with van der Waals surface area (Å²) < 4.78 is 10.1. The van der Waals surface area contributed by atoms with E-state index in [9.17, 15) is 9.59 Å². The summed E-state index contributed by atoms with van der Waals surface area (Å²) in [4.78, 5) is 24.2. The number of aryl methyl sites for hydroxylation is 1. The lowest BCUT2D eigenvalue weighted by molar-refractivity contribution is -0.122. The molecule has 2 N–H and O–H groups in total. The van der Waals surface area contributed by atoms with Crippen LogP contribution in [-0.2, 0) is 16.1 Å². The zero-order valence-electron chi connectivity index (χ0n) is 11.9. The largest absolute Gasteiger partial charge is 0.475 e. The van der Waals surface area contributed by atoms with Crippen molar-refractivity contribution in [3.05, 3.63) is 23.2 Å². The van der Waals surface area contributed by atoms with E-state index in [1.54, 1.807) is 32.0 Å². The Balaban J connectivity index is 2.46. The fraction of sp³-hybridized carbons (Fsp3) is 0.538. The van der Waals surface area contributed by atoms with Crippen LogP contribution in [0.15, 0.2) is 10.5 Å². The van der Waals surface area contributed by atoms with Crippen molar-refractivity contribution < 1.29 is 23.8 Å². The molecule has 20 heavy (non-hydrogen) atoms. The van der Waals surface area contributed by atoms with Crippen LogP contribution in [0.2, 0.25) is 0 Å². The molecule has 0 saturated carbocycles. The first-order chi connectivity index (χ1) is 9.43. The van der Waals surface area contributed by atoms with Crippen LogP contribution < -0.4 is 5.32 Å². The monoisotopic (exact) mass is 284 g/mol. The SMILES string of the molecule is COCCNC(=O)CN(C)Cc1cc(C)c(C(=O)O)o1. The van der Waals surface area contributed by atoms with Crippen molar-refractivity contribution >= 4 is 11.9 Å². The molecule has 0 fully saturated rings. The topological polar surface area (TPSA) is 92.0 Å². The predicted octanol–water partition coefficient (Wildman–Crippen LogP) is 0.481. The highest BCUT2D eigenvalue weighted by Crippen LogP contribution is 2.15. The second-order valence-electron chi connectivity index (χ2n) is 4.55. The standard InChI is InChI=1S/C13H20N2O5/c1-9-6-10(20-12(9)13(17)18)7-15(2)8-11(16)14-4-5-19-3/h6H,4-5,7-8H2,1-3H3,(H,14,16)(H,17,18). The molecule has 1 aromatic rings. The molecule has 0 radical (unpaired) electrons. The summed E-state index contributed by atoms with van der Waals surface area (Å²) in [7, 11) is 3.33.